The van der Waals surface area contributed by atoms with Crippen molar-refractivity contribution in [1.82, 2.24) is 20.4 Å². The third-order valence-corrected chi connectivity index (χ3v) is 2.34. The topological polar surface area (TPSA) is 92.9 Å². The van der Waals surface area contributed by atoms with E-state index in [1.54, 1.807) is 6.92 Å². The molecule has 2 aromatic heterocycles. The Balaban J connectivity index is 2.08. The number of nitrogens with zero attached hydrogens (tertiary/aromatic N) is 3. The molecule has 7 nitrogen and oxygen atoms in total. The number of carbonyl (C=O) groups excluding carboxylic acids is 1. The van der Waals surface area contributed by atoms with Crippen LogP contribution in [0.25, 0.3) is 0 Å². The van der Waals surface area contributed by atoms with Crippen molar-refractivity contribution in [3.8, 4) is 0 Å². The summed E-state index contributed by atoms with van der Waals surface area (Å²) < 4.78 is 18.6. The Morgan fingerprint density at radius 1 is 1.53 bits per heavy atom. The SMILES string of the molecule is CNc1nccc(C(=O)NCc2nc(C)no2)c1F. The number of nitrogens with one attached hydrogen (secondary N) is 2. The largest absolute Gasteiger partial charge is 0.371 e. The van der Waals surface area contributed by atoms with Crippen LogP contribution in [0, 0.1) is 12.7 Å². The molecule has 0 bridgehead atoms. The van der Waals surface area contributed by atoms with Gasteiger partial charge in [-0.1, -0.05) is 5.16 Å². The number of aromatic nitrogens is 3. The first-order valence-corrected chi connectivity index (χ1v) is 5.51. The van der Waals surface area contributed by atoms with Gasteiger partial charge < -0.3 is 15.2 Å². The first kappa shape index (κ1) is 12.9. The molecule has 0 aliphatic carbocycles. The van der Waals surface area contributed by atoms with Gasteiger partial charge in [0, 0.05) is 13.2 Å². The quantitative estimate of drug-likeness (QED) is 0.852. The van der Waals surface area contributed by atoms with Crippen LogP contribution in [0.5, 0.6) is 0 Å². The summed E-state index contributed by atoms with van der Waals surface area (Å²) >= 11 is 0. The van der Waals surface area contributed by atoms with Crippen LogP contribution in [0.1, 0.15) is 22.1 Å². The summed E-state index contributed by atoms with van der Waals surface area (Å²) in [5.74, 6) is -0.538. The molecule has 1 amide bonds. The highest BCUT2D eigenvalue weighted by Gasteiger charge is 2.16. The minimum absolute atomic E-state index is 0.0151. The summed E-state index contributed by atoms with van der Waals surface area (Å²) in [7, 11) is 1.52. The maximum absolute atomic E-state index is 13.8. The van der Waals surface area contributed by atoms with E-state index in [9.17, 15) is 9.18 Å². The summed E-state index contributed by atoms with van der Waals surface area (Å²) in [4.78, 5) is 19.5. The van der Waals surface area contributed by atoms with Crippen LogP contribution in [0.4, 0.5) is 10.2 Å². The lowest BCUT2D eigenvalue weighted by Gasteiger charge is -2.06. The van der Waals surface area contributed by atoms with Gasteiger partial charge in [0.15, 0.2) is 17.5 Å². The summed E-state index contributed by atoms with van der Waals surface area (Å²) in [6.07, 6.45) is 1.35. The van der Waals surface area contributed by atoms with E-state index in [0.29, 0.717) is 5.82 Å². The lowest BCUT2D eigenvalue weighted by Crippen LogP contribution is -2.24. The average molecular weight is 265 g/mol. The van der Waals surface area contributed by atoms with Gasteiger partial charge in [-0.3, -0.25) is 4.79 Å². The molecule has 0 saturated carbocycles. The zero-order chi connectivity index (χ0) is 13.8. The minimum atomic E-state index is -0.704. The molecule has 0 unspecified atom stereocenters. The van der Waals surface area contributed by atoms with Crippen LogP contribution in [-0.4, -0.2) is 28.1 Å². The van der Waals surface area contributed by atoms with Gasteiger partial charge in [0.2, 0.25) is 5.89 Å². The standard InChI is InChI=1S/C11H12FN5O2/c1-6-16-8(19-17-6)5-15-11(18)7-3-4-14-10(13-2)9(7)12/h3-4H,5H2,1-2H3,(H,13,14)(H,15,18). The van der Waals surface area contributed by atoms with E-state index >= 15 is 0 Å². The first-order chi connectivity index (χ1) is 9.11. The molecule has 2 rings (SSSR count). The summed E-state index contributed by atoms with van der Waals surface area (Å²) in [5, 5.41) is 8.63. The van der Waals surface area contributed by atoms with Gasteiger partial charge in [-0.2, -0.15) is 4.98 Å². The minimum Gasteiger partial charge on any atom is -0.371 e. The Hall–Kier alpha value is -2.51. The van der Waals surface area contributed by atoms with E-state index in [2.05, 4.69) is 25.8 Å². The second-order valence-corrected chi connectivity index (χ2v) is 3.69. The van der Waals surface area contributed by atoms with Crippen LogP contribution in [0.3, 0.4) is 0 Å². The Labute approximate surface area is 108 Å². The van der Waals surface area contributed by atoms with Crippen molar-refractivity contribution >= 4 is 11.7 Å². The summed E-state index contributed by atoms with van der Waals surface area (Å²) in [6.45, 7) is 1.70. The predicted molar refractivity (Wildman–Crippen MR) is 63.9 cm³/mol. The van der Waals surface area contributed by atoms with Gasteiger partial charge in [-0.25, -0.2) is 9.37 Å². The van der Waals surface area contributed by atoms with Gasteiger partial charge >= 0.3 is 0 Å². The Morgan fingerprint density at radius 2 is 2.32 bits per heavy atom. The highest BCUT2D eigenvalue weighted by Crippen LogP contribution is 2.14. The number of anilines is 1. The number of halogens is 1. The Morgan fingerprint density at radius 3 is 2.95 bits per heavy atom. The monoisotopic (exact) mass is 265 g/mol. The second kappa shape index (κ2) is 5.42. The van der Waals surface area contributed by atoms with E-state index in [1.165, 1.54) is 19.3 Å². The third kappa shape index (κ3) is 2.84. The fourth-order valence-electron chi connectivity index (χ4n) is 1.46. The van der Waals surface area contributed by atoms with E-state index in [0.717, 1.165) is 0 Å². The first-order valence-electron chi connectivity index (χ1n) is 5.51. The lowest BCUT2D eigenvalue weighted by atomic mass is 10.2. The number of carbonyl (C=O) groups is 1. The highest BCUT2D eigenvalue weighted by atomic mass is 19.1. The fourth-order valence-corrected chi connectivity index (χ4v) is 1.46. The van der Waals surface area contributed by atoms with E-state index in [1.807, 2.05) is 0 Å². The molecule has 0 saturated heterocycles. The fraction of sp³-hybridized carbons (Fsp3) is 0.273. The van der Waals surface area contributed by atoms with Gasteiger partial charge in [0.05, 0.1) is 12.1 Å². The van der Waals surface area contributed by atoms with Crippen molar-refractivity contribution in [3.63, 3.8) is 0 Å². The van der Waals surface area contributed by atoms with Crippen LogP contribution in [0.15, 0.2) is 16.8 Å². The third-order valence-electron chi connectivity index (χ3n) is 2.34. The number of rotatable bonds is 4. The molecule has 2 aromatic rings. The number of amides is 1. The molecule has 2 N–H and O–H groups in total. The lowest BCUT2D eigenvalue weighted by molar-refractivity contribution is 0.0942. The van der Waals surface area contributed by atoms with Crippen molar-refractivity contribution in [2.24, 2.45) is 0 Å². The van der Waals surface area contributed by atoms with Crippen molar-refractivity contribution < 1.29 is 13.7 Å². The molecule has 8 heteroatoms. The smallest absolute Gasteiger partial charge is 0.254 e. The molecule has 2 heterocycles. The molecule has 0 aliphatic rings. The van der Waals surface area contributed by atoms with Crippen molar-refractivity contribution in [2.45, 2.75) is 13.5 Å². The van der Waals surface area contributed by atoms with Gasteiger partial charge in [-0.05, 0) is 13.0 Å². The van der Waals surface area contributed by atoms with Crippen molar-refractivity contribution in [2.75, 3.05) is 12.4 Å². The maximum Gasteiger partial charge on any atom is 0.254 e. The molecule has 0 aromatic carbocycles. The van der Waals surface area contributed by atoms with Crippen LogP contribution >= 0.6 is 0 Å². The van der Waals surface area contributed by atoms with Gasteiger partial charge in [0.1, 0.15) is 0 Å². The molecule has 0 atom stereocenters. The predicted octanol–water partition coefficient (Wildman–Crippen LogP) is 0.884. The second-order valence-electron chi connectivity index (χ2n) is 3.69. The highest BCUT2D eigenvalue weighted by molar-refractivity contribution is 5.95. The van der Waals surface area contributed by atoms with Crippen LogP contribution < -0.4 is 10.6 Å². The van der Waals surface area contributed by atoms with E-state index in [4.69, 9.17) is 4.52 Å². The van der Waals surface area contributed by atoms with Crippen molar-refractivity contribution in [3.05, 3.63) is 35.4 Å². The average Bonchev–Trinajstić information content (AvgIpc) is 2.82. The van der Waals surface area contributed by atoms with Crippen LogP contribution in [-0.2, 0) is 6.54 Å². The van der Waals surface area contributed by atoms with E-state index < -0.39 is 11.7 Å². The summed E-state index contributed by atoms with van der Waals surface area (Å²) in [5.41, 5.74) is -0.101. The Kier molecular flexibility index (Phi) is 3.69. The molecule has 19 heavy (non-hydrogen) atoms. The molecule has 0 aliphatic heterocycles. The molecule has 100 valence electrons. The number of hydrogen-bond donors (Lipinski definition) is 2. The molecule has 0 radical (unpaired) electrons. The zero-order valence-electron chi connectivity index (χ0n) is 10.4. The molecular weight excluding hydrogens is 253 g/mol. The normalized spacial score (nSPS) is 10.3. The van der Waals surface area contributed by atoms with Gasteiger partial charge in [0.25, 0.3) is 5.91 Å². The molecule has 0 spiro atoms. The van der Waals surface area contributed by atoms with Gasteiger partial charge in [-0.15, -0.1) is 0 Å². The number of hydrogen-bond acceptors (Lipinski definition) is 6. The maximum atomic E-state index is 13.8. The number of aryl methyl sites for hydroxylation is 1. The van der Waals surface area contributed by atoms with E-state index in [-0.39, 0.29) is 23.8 Å². The Bertz CT molecular complexity index is 599. The van der Waals surface area contributed by atoms with Crippen LogP contribution in [0.2, 0.25) is 0 Å². The summed E-state index contributed by atoms with van der Waals surface area (Å²) in [6, 6.07) is 1.30. The number of pyridine rings is 1. The van der Waals surface area contributed by atoms with Crippen molar-refractivity contribution in [1.29, 1.82) is 0 Å². The zero-order valence-corrected chi connectivity index (χ0v) is 10.4. The molecular formula is C11H12FN5O2. The molecule has 0 fully saturated rings.